The van der Waals surface area contributed by atoms with Crippen LogP contribution in [0.4, 0.5) is 0 Å². The van der Waals surface area contributed by atoms with Gasteiger partial charge in [0.15, 0.2) is 0 Å². The molecular formula is C26H33N3O3. The van der Waals surface area contributed by atoms with Gasteiger partial charge in [0, 0.05) is 29.1 Å². The number of nitriles is 1. The van der Waals surface area contributed by atoms with E-state index in [-0.39, 0.29) is 28.9 Å². The largest absolute Gasteiger partial charge is 0.492 e. The molecule has 1 saturated carbocycles. The van der Waals surface area contributed by atoms with Gasteiger partial charge in [0.05, 0.1) is 12.2 Å². The molecule has 1 aliphatic carbocycles. The molecule has 0 spiro atoms. The van der Waals surface area contributed by atoms with Crippen LogP contribution in [0.2, 0.25) is 0 Å². The highest BCUT2D eigenvalue weighted by atomic mass is 16.5. The lowest BCUT2D eigenvalue weighted by Crippen LogP contribution is -2.74. The molecule has 0 saturated heterocycles. The van der Waals surface area contributed by atoms with Gasteiger partial charge in [-0.05, 0) is 36.6 Å². The number of ether oxygens (including phenoxy) is 2. The van der Waals surface area contributed by atoms with Gasteiger partial charge >= 0.3 is 0 Å². The maximum atomic E-state index is 12.9. The van der Waals surface area contributed by atoms with Gasteiger partial charge < -0.3 is 14.8 Å². The molecule has 3 rings (SSSR count). The molecule has 1 fully saturated rings. The van der Waals surface area contributed by atoms with Crippen molar-refractivity contribution in [1.29, 1.82) is 5.26 Å². The third kappa shape index (κ3) is 4.29. The Labute approximate surface area is 191 Å². The number of nitrogens with zero attached hydrogens (tertiary/aromatic N) is 2. The van der Waals surface area contributed by atoms with Gasteiger partial charge in [0.2, 0.25) is 0 Å². The van der Waals surface area contributed by atoms with Crippen LogP contribution < -0.4 is 14.8 Å². The van der Waals surface area contributed by atoms with Crippen LogP contribution >= 0.6 is 0 Å². The van der Waals surface area contributed by atoms with Crippen LogP contribution in [0, 0.1) is 22.2 Å². The fourth-order valence-corrected chi connectivity index (χ4v) is 4.97. The monoisotopic (exact) mass is 435 g/mol. The van der Waals surface area contributed by atoms with Crippen molar-refractivity contribution in [2.45, 2.75) is 66.5 Å². The number of pyridine rings is 1. The minimum Gasteiger partial charge on any atom is -0.492 e. The summed E-state index contributed by atoms with van der Waals surface area (Å²) in [6.07, 6.45) is 1.63. The zero-order valence-electron chi connectivity index (χ0n) is 20.0. The summed E-state index contributed by atoms with van der Waals surface area (Å²) in [6.45, 7) is 14.9. The first-order valence-electron chi connectivity index (χ1n) is 11.1. The quantitative estimate of drug-likeness (QED) is 0.655. The number of aromatic nitrogens is 1. The lowest BCUT2D eigenvalue weighted by Gasteiger charge is -2.63. The van der Waals surface area contributed by atoms with Crippen LogP contribution in [0.1, 0.15) is 76.0 Å². The van der Waals surface area contributed by atoms with Gasteiger partial charge in [0.1, 0.15) is 29.4 Å². The molecule has 2 aromatic rings. The number of hydrogen-bond donors (Lipinski definition) is 1. The molecule has 170 valence electrons. The van der Waals surface area contributed by atoms with Crippen LogP contribution in [0.25, 0.3) is 0 Å². The second kappa shape index (κ2) is 8.82. The fraction of sp³-hybridized carbons (Fsp3) is 0.500. The van der Waals surface area contributed by atoms with E-state index in [0.717, 1.165) is 5.56 Å². The van der Waals surface area contributed by atoms with E-state index in [2.05, 4.69) is 57.9 Å². The van der Waals surface area contributed by atoms with Crippen molar-refractivity contribution in [2.75, 3.05) is 6.61 Å². The molecule has 1 N–H and O–H groups in total. The predicted molar refractivity (Wildman–Crippen MR) is 124 cm³/mol. The lowest BCUT2D eigenvalue weighted by molar-refractivity contribution is -0.164. The molecular weight excluding hydrogens is 402 g/mol. The Kier molecular flexibility index (Phi) is 6.50. The number of nitrogens with one attached hydrogen (secondary N) is 1. The van der Waals surface area contributed by atoms with E-state index in [1.54, 1.807) is 30.5 Å². The summed E-state index contributed by atoms with van der Waals surface area (Å²) < 4.78 is 12.0. The van der Waals surface area contributed by atoms with Crippen LogP contribution in [0.15, 0.2) is 36.5 Å². The van der Waals surface area contributed by atoms with Crippen LogP contribution in [0.3, 0.4) is 0 Å². The Morgan fingerprint density at radius 2 is 1.88 bits per heavy atom. The van der Waals surface area contributed by atoms with E-state index in [0.29, 0.717) is 35.3 Å². The van der Waals surface area contributed by atoms with Crippen molar-refractivity contribution < 1.29 is 14.3 Å². The number of amides is 1. The molecule has 1 amide bonds. The van der Waals surface area contributed by atoms with Gasteiger partial charge in [-0.15, -0.1) is 0 Å². The van der Waals surface area contributed by atoms with Crippen molar-refractivity contribution in [3.8, 4) is 17.6 Å². The van der Waals surface area contributed by atoms with Gasteiger partial charge in [-0.1, -0.05) is 47.6 Å². The molecule has 0 aliphatic heterocycles. The second-order valence-electron chi connectivity index (χ2n) is 9.88. The highest BCUT2D eigenvalue weighted by Gasteiger charge is 2.64. The average molecular weight is 436 g/mol. The highest BCUT2D eigenvalue weighted by Crippen LogP contribution is 2.55. The smallest absolute Gasteiger partial charge is 0.270 e. The third-order valence-electron chi connectivity index (χ3n) is 6.43. The molecule has 0 radical (unpaired) electrons. The Bertz CT molecular complexity index is 1000. The van der Waals surface area contributed by atoms with Crippen molar-refractivity contribution >= 4 is 5.91 Å². The first-order chi connectivity index (χ1) is 15.0. The Hall–Kier alpha value is -3.07. The van der Waals surface area contributed by atoms with Gasteiger partial charge in [-0.2, -0.15) is 5.26 Å². The maximum absolute atomic E-state index is 12.9. The average Bonchev–Trinajstić information content (AvgIpc) is 2.75. The SMILES string of the molecule is CCOc1cc(OC2C(C)(C)C(NC(=O)c3ccc(C(C)C)cn3)C2(C)C)ccc1C#N. The van der Waals surface area contributed by atoms with E-state index in [4.69, 9.17) is 9.47 Å². The molecule has 0 bridgehead atoms. The molecule has 1 heterocycles. The zero-order chi connectivity index (χ0) is 23.7. The first-order valence-corrected chi connectivity index (χ1v) is 11.1. The Balaban J connectivity index is 1.75. The van der Waals surface area contributed by atoms with E-state index in [1.165, 1.54) is 0 Å². The molecule has 6 nitrogen and oxygen atoms in total. The van der Waals surface area contributed by atoms with Crippen molar-refractivity contribution in [2.24, 2.45) is 10.8 Å². The van der Waals surface area contributed by atoms with E-state index in [9.17, 15) is 10.1 Å². The minimum absolute atomic E-state index is 0.0937. The summed E-state index contributed by atoms with van der Waals surface area (Å²) in [4.78, 5) is 17.2. The maximum Gasteiger partial charge on any atom is 0.270 e. The van der Waals surface area contributed by atoms with Gasteiger partial charge in [0.25, 0.3) is 5.91 Å². The first kappa shape index (κ1) is 23.6. The summed E-state index contributed by atoms with van der Waals surface area (Å²) in [6, 6.07) is 11.1. The summed E-state index contributed by atoms with van der Waals surface area (Å²) in [5.41, 5.74) is 1.38. The van der Waals surface area contributed by atoms with Crippen molar-refractivity contribution in [1.82, 2.24) is 10.3 Å². The molecule has 1 aromatic heterocycles. The van der Waals surface area contributed by atoms with Crippen LogP contribution in [0.5, 0.6) is 11.5 Å². The van der Waals surface area contributed by atoms with Crippen molar-refractivity contribution in [3.63, 3.8) is 0 Å². The van der Waals surface area contributed by atoms with E-state index in [1.807, 2.05) is 13.0 Å². The van der Waals surface area contributed by atoms with Gasteiger partial charge in [-0.25, -0.2) is 0 Å². The lowest BCUT2D eigenvalue weighted by atomic mass is 9.49. The molecule has 1 aliphatic rings. The summed E-state index contributed by atoms with van der Waals surface area (Å²) >= 11 is 0. The van der Waals surface area contributed by atoms with E-state index >= 15 is 0 Å². The Morgan fingerprint density at radius 3 is 2.41 bits per heavy atom. The number of rotatable bonds is 7. The van der Waals surface area contributed by atoms with Crippen LogP contribution in [-0.4, -0.2) is 29.6 Å². The molecule has 1 aromatic carbocycles. The second-order valence-corrected chi connectivity index (χ2v) is 9.88. The van der Waals surface area contributed by atoms with E-state index < -0.39 is 0 Å². The molecule has 0 unspecified atom stereocenters. The number of benzene rings is 1. The highest BCUT2D eigenvalue weighted by molar-refractivity contribution is 5.92. The molecule has 32 heavy (non-hydrogen) atoms. The summed E-state index contributed by atoms with van der Waals surface area (Å²) in [5, 5.41) is 12.5. The molecule has 6 heteroatoms. The predicted octanol–water partition coefficient (Wildman–Crippen LogP) is 5.09. The third-order valence-corrected chi connectivity index (χ3v) is 6.43. The van der Waals surface area contributed by atoms with Gasteiger partial charge in [-0.3, -0.25) is 9.78 Å². The van der Waals surface area contributed by atoms with Crippen LogP contribution in [-0.2, 0) is 0 Å². The fourth-order valence-electron chi connectivity index (χ4n) is 4.97. The summed E-state index contributed by atoms with van der Waals surface area (Å²) in [7, 11) is 0. The number of carbonyl (C=O) groups excluding carboxylic acids is 1. The normalized spacial score (nSPS) is 20.7. The van der Waals surface area contributed by atoms with Crippen molar-refractivity contribution in [3.05, 3.63) is 53.3 Å². The topological polar surface area (TPSA) is 84.2 Å². The minimum atomic E-state index is -0.309. The molecule has 0 atom stereocenters. The number of hydrogen-bond acceptors (Lipinski definition) is 5. The standard InChI is InChI=1S/C26H33N3O3/c1-8-31-21-13-19(11-9-17(21)14-27)32-24-25(4,5)23(26(24,6)7)29-22(30)20-12-10-18(15-28-20)16(2)3/h9-13,15-16,23-24H,8H2,1-7H3,(H,29,30). The summed E-state index contributed by atoms with van der Waals surface area (Å²) in [5.74, 6) is 1.35. The Morgan fingerprint density at radius 1 is 1.19 bits per heavy atom. The zero-order valence-corrected chi connectivity index (χ0v) is 20.0. The number of carbonyl (C=O) groups is 1.